The molecule has 0 spiro atoms. The zero-order chi connectivity index (χ0) is 17.9. The normalized spacial score (nSPS) is 15.3. The van der Waals surface area contributed by atoms with Crippen LogP contribution in [0.4, 0.5) is 23.9 Å². The predicted molar refractivity (Wildman–Crippen MR) is 78.2 cm³/mol. The molecule has 1 aromatic heterocycles. The zero-order valence-corrected chi connectivity index (χ0v) is 12.9. The predicted octanol–water partition coefficient (Wildman–Crippen LogP) is 0.121. The second kappa shape index (κ2) is 6.89. The number of hydrogen-bond donors (Lipinski definition) is 2. The molecule has 8 nitrogen and oxygen atoms in total. The number of primary amides is 1. The molecule has 1 aliphatic rings. The van der Waals surface area contributed by atoms with Crippen LogP contribution in [0.3, 0.4) is 0 Å². The van der Waals surface area contributed by atoms with Crippen LogP contribution in [0.15, 0.2) is 6.07 Å². The summed E-state index contributed by atoms with van der Waals surface area (Å²) in [5, 5.41) is 2.20. The van der Waals surface area contributed by atoms with E-state index < -0.39 is 17.9 Å². The van der Waals surface area contributed by atoms with E-state index >= 15 is 0 Å². The van der Waals surface area contributed by atoms with Crippen molar-refractivity contribution in [3.05, 3.63) is 17.5 Å². The fourth-order valence-corrected chi connectivity index (χ4v) is 2.27. The van der Waals surface area contributed by atoms with Gasteiger partial charge in [0, 0.05) is 31.9 Å². The minimum Gasteiger partial charge on any atom is -0.352 e. The lowest BCUT2D eigenvalue weighted by Crippen LogP contribution is -2.52. The fourth-order valence-electron chi connectivity index (χ4n) is 2.27. The Morgan fingerprint density at radius 3 is 2.42 bits per heavy atom. The van der Waals surface area contributed by atoms with Gasteiger partial charge < -0.3 is 20.9 Å². The minimum absolute atomic E-state index is 0.00955. The monoisotopic (exact) mass is 346 g/mol. The first-order chi connectivity index (χ1) is 11.2. The van der Waals surface area contributed by atoms with Gasteiger partial charge in [-0.1, -0.05) is 0 Å². The number of rotatable bonds is 3. The van der Waals surface area contributed by atoms with Gasteiger partial charge in [0.15, 0.2) is 0 Å². The number of urea groups is 1. The molecule has 2 heterocycles. The maximum absolute atomic E-state index is 12.8. The first-order valence-corrected chi connectivity index (χ1v) is 7.15. The zero-order valence-electron chi connectivity index (χ0n) is 12.9. The van der Waals surface area contributed by atoms with E-state index in [1.54, 1.807) is 4.90 Å². The van der Waals surface area contributed by atoms with Crippen LogP contribution < -0.4 is 16.0 Å². The SMILES string of the molecule is Cc1cc(C(F)(F)F)nc(N2CCN(C(=O)CNC(N)=O)CC2)n1. The molecule has 132 valence electrons. The van der Waals surface area contributed by atoms with Gasteiger partial charge in [-0.15, -0.1) is 0 Å². The maximum Gasteiger partial charge on any atom is 0.433 e. The molecule has 0 aliphatic carbocycles. The van der Waals surface area contributed by atoms with Gasteiger partial charge in [0.05, 0.1) is 6.54 Å². The molecule has 0 unspecified atom stereocenters. The molecule has 2 rings (SSSR count). The van der Waals surface area contributed by atoms with E-state index in [1.807, 2.05) is 0 Å². The average Bonchev–Trinajstić information content (AvgIpc) is 2.51. The number of nitrogens with zero attached hydrogens (tertiary/aromatic N) is 4. The smallest absolute Gasteiger partial charge is 0.352 e. The number of alkyl halides is 3. The molecule has 1 fully saturated rings. The Morgan fingerprint density at radius 2 is 1.88 bits per heavy atom. The van der Waals surface area contributed by atoms with E-state index in [9.17, 15) is 22.8 Å². The van der Waals surface area contributed by atoms with Gasteiger partial charge in [0.2, 0.25) is 11.9 Å². The Kier molecular flexibility index (Phi) is 5.10. The first kappa shape index (κ1) is 17.8. The van der Waals surface area contributed by atoms with Gasteiger partial charge in [-0.2, -0.15) is 13.2 Å². The van der Waals surface area contributed by atoms with Crippen molar-refractivity contribution in [2.24, 2.45) is 5.73 Å². The molecular weight excluding hydrogens is 329 g/mol. The molecule has 0 saturated carbocycles. The third-order valence-electron chi connectivity index (χ3n) is 3.46. The van der Waals surface area contributed by atoms with Gasteiger partial charge in [0.1, 0.15) is 5.69 Å². The van der Waals surface area contributed by atoms with Crippen molar-refractivity contribution in [2.45, 2.75) is 13.1 Å². The van der Waals surface area contributed by atoms with Crippen molar-refractivity contribution in [1.29, 1.82) is 0 Å². The first-order valence-electron chi connectivity index (χ1n) is 7.15. The molecule has 3 amide bonds. The number of anilines is 1. The number of carbonyl (C=O) groups excluding carboxylic acids is 2. The number of nitrogens with one attached hydrogen (secondary N) is 1. The highest BCUT2D eigenvalue weighted by atomic mass is 19.4. The Labute approximate surface area is 135 Å². The molecule has 0 aromatic carbocycles. The van der Waals surface area contributed by atoms with Crippen LogP contribution in [0, 0.1) is 6.92 Å². The lowest BCUT2D eigenvalue weighted by molar-refractivity contribution is -0.141. The average molecular weight is 346 g/mol. The highest BCUT2D eigenvalue weighted by molar-refractivity contribution is 5.83. The summed E-state index contributed by atoms with van der Waals surface area (Å²) < 4.78 is 38.5. The van der Waals surface area contributed by atoms with Gasteiger partial charge >= 0.3 is 12.2 Å². The van der Waals surface area contributed by atoms with Crippen LogP contribution >= 0.6 is 0 Å². The van der Waals surface area contributed by atoms with E-state index in [0.29, 0.717) is 13.1 Å². The molecule has 1 aliphatic heterocycles. The summed E-state index contributed by atoms with van der Waals surface area (Å²) in [5.41, 5.74) is 4.12. The maximum atomic E-state index is 12.8. The number of aromatic nitrogens is 2. The van der Waals surface area contributed by atoms with Crippen LogP contribution in [0.5, 0.6) is 0 Å². The van der Waals surface area contributed by atoms with Gasteiger partial charge in [-0.3, -0.25) is 4.79 Å². The van der Waals surface area contributed by atoms with Crippen LogP contribution in [-0.2, 0) is 11.0 Å². The topological polar surface area (TPSA) is 104 Å². The van der Waals surface area contributed by atoms with Crippen molar-refractivity contribution in [1.82, 2.24) is 20.2 Å². The standard InChI is InChI=1S/C13H17F3N6O2/c1-8-6-9(13(14,15)16)20-12(19-8)22-4-2-21(3-5-22)10(23)7-18-11(17)24/h6H,2-5,7H2,1H3,(H3,17,18,24). The summed E-state index contributed by atoms with van der Waals surface area (Å²) in [4.78, 5) is 33.1. The molecular formula is C13H17F3N6O2. The molecule has 1 saturated heterocycles. The number of amides is 3. The van der Waals surface area contributed by atoms with Crippen LogP contribution in [0.25, 0.3) is 0 Å². The third kappa shape index (κ3) is 4.46. The van der Waals surface area contributed by atoms with Crippen molar-refractivity contribution >= 4 is 17.9 Å². The number of hydrogen-bond acceptors (Lipinski definition) is 5. The van der Waals surface area contributed by atoms with Crippen LogP contribution in [0.2, 0.25) is 0 Å². The molecule has 24 heavy (non-hydrogen) atoms. The quantitative estimate of drug-likeness (QED) is 0.809. The van der Waals surface area contributed by atoms with Gasteiger partial charge in [0.25, 0.3) is 0 Å². The molecule has 0 atom stereocenters. The second-order valence-electron chi connectivity index (χ2n) is 5.28. The van der Waals surface area contributed by atoms with Crippen LogP contribution in [-0.4, -0.2) is 59.5 Å². The summed E-state index contributed by atoms with van der Waals surface area (Å²) in [6.45, 7) is 2.42. The van der Waals surface area contributed by atoms with Crippen molar-refractivity contribution in [2.75, 3.05) is 37.6 Å². The molecule has 3 N–H and O–H groups in total. The number of nitrogens with two attached hydrogens (primary N) is 1. The van der Waals surface area contributed by atoms with E-state index in [2.05, 4.69) is 15.3 Å². The van der Waals surface area contributed by atoms with Gasteiger partial charge in [-0.25, -0.2) is 14.8 Å². The number of halogens is 3. The third-order valence-corrected chi connectivity index (χ3v) is 3.46. The Balaban J connectivity index is 2.01. The lowest BCUT2D eigenvalue weighted by Gasteiger charge is -2.35. The largest absolute Gasteiger partial charge is 0.433 e. The summed E-state index contributed by atoms with van der Waals surface area (Å²) in [7, 11) is 0. The fraction of sp³-hybridized carbons (Fsp3) is 0.538. The number of piperazine rings is 1. The summed E-state index contributed by atoms with van der Waals surface area (Å²) >= 11 is 0. The number of aryl methyl sites for hydroxylation is 1. The van der Waals surface area contributed by atoms with Crippen molar-refractivity contribution in [3.8, 4) is 0 Å². The highest BCUT2D eigenvalue weighted by Crippen LogP contribution is 2.29. The summed E-state index contributed by atoms with van der Waals surface area (Å²) in [6, 6.07) is 0.0912. The Morgan fingerprint density at radius 1 is 1.25 bits per heavy atom. The molecule has 11 heteroatoms. The molecule has 0 radical (unpaired) electrons. The van der Waals surface area contributed by atoms with Crippen LogP contribution in [0.1, 0.15) is 11.4 Å². The molecule has 1 aromatic rings. The Bertz CT molecular complexity index is 629. The van der Waals surface area contributed by atoms with Gasteiger partial charge in [-0.05, 0) is 13.0 Å². The van der Waals surface area contributed by atoms with E-state index in [4.69, 9.17) is 5.73 Å². The highest BCUT2D eigenvalue weighted by Gasteiger charge is 2.34. The Hall–Kier alpha value is -2.59. The summed E-state index contributed by atoms with van der Waals surface area (Å²) in [5.74, 6) is -0.320. The second-order valence-corrected chi connectivity index (χ2v) is 5.28. The van der Waals surface area contributed by atoms with E-state index in [1.165, 1.54) is 11.8 Å². The number of carbonyl (C=O) groups is 2. The van der Waals surface area contributed by atoms with Crippen molar-refractivity contribution < 1.29 is 22.8 Å². The lowest BCUT2D eigenvalue weighted by atomic mass is 10.3. The summed E-state index contributed by atoms with van der Waals surface area (Å²) in [6.07, 6.45) is -4.54. The molecule has 0 bridgehead atoms. The van der Waals surface area contributed by atoms with E-state index in [0.717, 1.165) is 6.07 Å². The van der Waals surface area contributed by atoms with Crippen molar-refractivity contribution in [3.63, 3.8) is 0 Å². The van der Waals surface area contributed by atoms with E-state index in [-0.39, 0.29) is 37.2 Å². The minimum atomic E-state index is -4.54.